The fourth-order valence-electron chi connectivity index (χ4n) is 2.79. The van der Waals surface area contributed by atoms with Crippen molar-refractivity contribution in [2.24, 2.45) is 10.7 Å². The number of likely N-dealkylation sites (tertiary alicyclic amines) is 1. The summed E-state index contributed by atoms with van der Waals surface area (Å²) in [4.78, 5) is 6.95. The second kappa shape index (κ2) is 10.2. The molecule has 1 atom stereocenters. The molecule has 1 aliphatic heterocycles. The largest absolute Gasteiger partial charge is 0.370 e. The molecule has 0 aliphatic carbocycles. The lowest BCUT2D eigenvalue weighted by molar-refractivity contribution is 0.425. The maximum absolute atomic E-state index is 12.5. The van der Waals surface area contributed by atoms with Gasteiger partial charge in [-0.15, -0.1) is 24.0 Å². The molecule has 0 saturated carbocycles. The van der Waals surface area contributed by atoms with Crippen molar-refractivity contribution in [1.29, 1.82) is 0 Å². The van der Waals surface area contributed by atoms with Gasteiger partial charge in [0.25, 0.3) is 0 Å². The van der Waals surface area contributed by atoms with Crippen LogP contribution in [0.15, 0.2) is 40.2 Å². The van der Waals surface area contributed by atoms with Gasteiger partial charge in [0.05, 0.1) is 16.7 Å². The normalized spacial score (nSPS) is 17.7. The predicted octanol–water partition coefficient (Wildman–Crippen LogP) is 3.05. The van der Waals surface area contributed by atoms with E-state index in [9.17, 15) is 8.42 Å². The van der Waals surface area contributed by atoms with E-state index in [0.29, 0.717) is 17.3 Å². The smallest absolute Gasteiger partial charge is 0.191 e. The Labute approximate surface area is 162 Å². The highest BCUT2D eigenvalue weighted by molar-refractivity contribution is 14.0. The van der Waals surface area contributed by atoms with E-state index in [2.05, 4.69) is 9.89 Å². The molecule has 0 radical (unpaired) electrons. The Morgan fingerprint density at radius 3 is 2.29 bits per heavy atom. The van der Waals surface area contributed by atoms with Crippen molar-refractivity contribution >= 4 is 39.8 Å². The van der Waals surface area contributed by atoms with Crippen molar-refractivity contribution in [2.45, 2.75) is 50.0 Å². The Balaban J connectivity index is 0.00000288. The van der Waals surface area contributed by atoms with Crippen molar-refractivity contribution in [1.82, 2.24) is 4.90 Å². The molecule has 24 heavy (non-hydrogen) atoms. The summed E-state index contributed by atoms with van der Waals surface area (Å²) < 4.78 is 25.0. The van der Waals surface area contributed by atoms with E-state index in [1.807, 2.05) is 13.0 Å². The first-order valence-electron chi connectivity index (χ1n) is 8.39. The van der Waals surface area contributed by atoms with E-state index in [-0.39, 0.29) is 35.8 Å². The molecule has 1 aliphatic rings. The van der Waals surface area contributed by atoms with Gasteiger partial charge in [-0.1, -0.05) is 38.0 Å². The van der Waals surface area contributed by atoms with E-state index in [4.69, 9.17) is 5.73 Å². The minimum atomic E-state index is -3.34. The van der Waals surface area contributed by atoms with E-state index in [1.54, 1.807) is 24.3 Å². The Bertz CT molecular complexity index is 612. The number of halogens is 1. The SMILES string of the molecule is CCC(CS(=O)(=O)c1ccccc1)N=C(N)N1CCCCCC1.I. The fourth-order valence-corrected chi connectivity index (χ4v) is 4.37. The van der Waals surface area contributed by atoms with Crippen LogP contribution in [-0.2, 0) is 9.84 Å². The van der Waals surface area contributed by atoms with E-state index in [1.165, 1.54) is 12.8 Å². The molecule has 7 heteroatoms. The number of hydrogen-bond donors (Lipinski definition) is 1. The third kappa shape index (κ3) is 6.23. The standard InChI is InChI=1S/C17H27N3O2S.HI/c1-2-15(14-23(21,22)16-10-6-5-7-11-16)19-17(18)20-12-8-3-4-9-13-20;/h5-7,10-11,15H,2-4,8-9,12-14H2,1H3,(H2,18,19);1H. The number of nitrogens with two attached hydrogens (primary N) is 1. The molecule has 0 amide bonds. The molecule has 1 aromatic carbocycles. The maximum Gasteiger partial charge on any atom is 0.191 e. The Morgan fingerprint density at radius 1 is 1.17 bits per heavy atom. The lowest BCUT2D eigenvalue weighted by atomic mass is 10.2. The van der Waals surface area contributed by atoms with Crippen LogP contribution in [0.1, 0.15) is 39.0 Å². The summed E-state index contributed by atoms with van der Waals surface area (Å²) in [6, 6.07) is 8.24. The number of rotatable bonds is 5. The van der Waals surface area contributed by atoms with Crippen LogP contribution in [0.2, 0.25) is 0 Å². The van der Waals surface area contributed by atoms with Gasteiger partial charge in [0.15, 0.2) is 15.8 Å². The average Bonchev–Trinajstić information content (AvgIpc) is 2.84. The quantitative estimate of drug-likeness (QED) is 0.412. The number of aliphatic imine (C=N–C) groups is 1. The van der Waals surface area contributed by atoms with Gasteiger partial charge in [-0.05, 0) is 31.4 Å². The van der Waals surface area contributed by atoms with Crippen LogP contribution in [0.5, 0.6) is 0 Å². The maximum atomic E-state index is 12.5. The Hall–Kier alpha value is -0.830. The third-order valence-electron chi connectivity index (χ3n) is 4.23. The molecule has 1 saturated heterocycles. The zero-order chi connectivity index (χ0) is 16.7. The minimum absolute atomic E-state index is 0. The molecule has 1 fully saturated rings. The van der Waals surface area contributed by atoms with E-state index < -0.39 is 9.84 Å². The molecular formula is C17H28IN3O2S. The first-order chi connectivity index (χ1) is 11.0. The molecule has 5 nitrogen and oxygen atoms in total. The van der Waals surface area contributed by atoms with Crippen LogP contribution < -0.4 is 5.73 Å². The third-order valence-corrected chi connectivity index (χ3v) is 6.04. The monoisotopic (exact) mass is 465 g/mol. The highest BCUT2D eigenvalue weighted by atomic mass is 127. The van der Waals surface area contributed by atoms with Gasteiger partial charge in [-0.3, -0.25) is 0 Å². The van der Waals surface area contributed by atoms with Gasteiger partial charge in [-0.25, -0.2) is 13.4 Å². The summed E-state index contributed by atoms with van der Waals surface area (Å²) in [5, 5.41) is 0. The summed E-state index contributed by atoms with van der Waals surface area (Å²) >= 11 is 0. The summed E-state index contributed by atoms with van der Waals surface area (Å²) in [5.41, 5.74) is 6.13. The van der Waals surface area contributed by atoms with Gasteiger partial charge in [0, 0.05) is 13.1 Å². The first kappa shape index (κ1) is 21.2. The van der Waals surface area contributed by atoms with Gasteiger partial charge < -0.3 is 10.6 Å². The van der Waals surface area contributed by atoms with Crippen LogP contribution in [0.25, 0.3) is 0 Å². The summed E-state index contributed by atoms with van der Waals surface area (Å²) in [7, 11) is -3.34. The van der Waals surface area contributed by atoms with Gasteiger partial charge in [0.2, 0.25) is 0 Å². The zero-order valence-electron chi connectivity index (χ0n) is 14.2. The second-order valence-electron chi connectivity index (χ2n) is 6.05. The van der Waals surface area contributed by atoms with Crippen LogP contribution >= 0.6 is 24.0 Å². The van der Waals surface area contributed by atoms with Crippen molar-refractivity contribution in [3.63, 3.8) is 0 Å². The Kier molecular flexibility index (Phi) is 9.04. The van der Waals surface area contributed by atoms with Gasteiger partial charge >= 0.3 is 0 Å². The van der Waals surface area contributed by atoms with Crippen LogP contribution in [0.4, 0.5) is 0 Å². The molecule has 0 spiro atoms. The van der Waals surface area contributed by atoms with Gasteiger partial charge in [0.1, 0.15) is 0 Å². The zero-order valence-corrected chi connectivity index (χ0v) is 17.4. The molecule has 1 aromatic rings. The van der Waals surface area contributed by atoms with E-state index >= 15 is 0 Å². The molecule has 136 valence electrons. The van der Waals surface area contributed by atoms with Gasteiger partial charge in [-0.2, -0.15) is 0 Å². The Morgan fingerprint density at radius 2 is 1.75 bits per heavy atom. The van der Waals surface area contributed by atoms with Crippen molar-refractivity contribution in [3.05, 3.63) is 30.3 Å². The lowest BCUT2D eigenvalue weighted by Gasteiger charge is -2.23. The van der Waals surface area contributed by atoms with Crippen molar-refractivity contribution < 1.29 is 8.42 Å². The lowest BCUT2D eigenvalue weighted by Crippen LogP contribution is -2.39. The molecule has 1 unspecified atom stereocenters. The predicted molar refractivity (Wildman–Crippen MR) is 110 cm³/mol. The van der Waals surface area contributed by atoms with Crippen LogP contribution in [0, 0.1) is 0 Å². The fraction of sp³-hybridized carbons (Fsp3) is 0.588. The van der Waals surface area contributed by atoms with Crippen molar-refractivity contribution in [3.8, 4) is 0 Å². The van der Waals surface area contributed by atoms with Crippen molar-refractivity contribution in [2.75, 3.05) is 18.8 Å². The highest BCUT2D eigenvalue weighted by Crippen LogP contribution is 2.15. The molecule has 2 N–H and O–H groups in total. The molecule has 0 bridgehead atoms. The first-order valence-corrected chi connectivity index (χ1v) is 10.0. The van der Waals surface area contributed by atoms with E-state index in [0.717, 1.165) is 25.9 Å². The topological polar surface area (TPSA) is 75.8 Å². The highest BCUT2D eigenvalue weighted by Gasteiger charge is 2.21. The number of sulfone groups is 1. The summed E-state index contributed by atoms with van der Waals surface area (Å²) in [5.74, 6) is 0.490. The molecule has 1 heterocycles. The average molecular weight is 465 g/mol. The summed E-state index contributed by atoms with van der Waals surface area (Å²) in [6.45, 7) is 3.78. The molecule has 2 rings (SSSR count). The number of benzene rings is 1. The number of nitrogens with zero attached hydrogens (tertiary/aromatic N) is 2. The number of hydrogen-bond acceptors (Lipinski definition) is 3. The second-order valence-corrected chi connectivity index (χ2v) is 8.08. The number of guanidine groups is 1. The van der Waals surface area contributed by atoms with Crippen LogP contribution in [-0.4, -0.2) is 44.2 Å². The minimum Gasteiger partial charge on any atom is -0.370 e. The molecular weight excluding hydrogens is 437 g/mol. The van der Waals surface area contributed by atoms with Crippen LogP contribution in [0.3, 0.4) is 0 Å². The molecule has 0 aromatic heterocycles. The summed E-state index contributed by atoms with van der Waals surface area (Å²) in [6.07, 6.45) is 5.35.